The molecule has 96 valence electrons. The summed E-state index contributed by atoms with van der Waals surface area (Å²) in [4.78, 5) is 16.0. The van der Waals surface area contributed by atoms with Crippen LogP contribution in [0.4, 0.5) is 0 Å². The number of rotatable bonds is 5. The molecule has 0 aliphatic heterocycles. The van der Waals surface area contributed by atoms with E-state index in [1.54, 1.807) is 6.26 Å². The van der Waals surface area contributed by atoms with Gasteiger partial charge in [0.25, 0.3) is 0 Å². The lowest BCUT2D eigenvalue weighted by Crippen LogP contribution is -2.28. The Hall–Kier alpha value is -1.62. The molecule has 0 fully saturated rings. The minimum atomic E-state index is 0.0139. The number of nitrogens with zero attached hydrogens (tertiary/aromatic N) is 1. The molecule has 0 radical (unpaired) electrons. The average molecular weight is 264 g/mol. The molecule has 0 aliphatic carbocycles. The van der Waals surface area contributed by atoms with Crippen LogP contribution in [-0.2, 0) is 11.2 Å². The Bertz CT molecular complexity index is 503. The molecular weight excluding hydrogens is 248 g/mol. The monoisotopic (exact) mass is 264 g/mol. The fourth-order valence-electron chi connectivity index (χ4n) is 1.45. The summed E-state index contributed by atoms with van der Waals surface area (Å²) in [5.74, 6) is 1.22. The molecule has 0 saturated carbocycles. The number of thiazole rings is 1. The molecule has 0 aliphatic rings. The number of furan rings is 1. The van der Waals surface area contributed by atoms with Gasteiger partial charge in [0.15, 0.2) is 10.8 Å². The number of carbonyl (C=O) groups excluding carboxylic acids is 1. The van der Waals surface area contributed by atoms with Gasteiger partial charge in [-0.05, 0) is 18.1 Å². The lowest BCUT2D eigenvalue weighted by molar-refractivity contribution is -0.120. The van der Waals surface area contributed by atoms with Crippen molar-refractivity contribution in [3.8, 4) is 10.8 Å². The molecule has 0 aromatic carbocycles. The van der Waals surface area contributed by atoms with Crippen molar-refractivity contribution in [1.29, 1.82) is 0 Å². The third kappa shape index (κ3) is 3.43. The maximum absolute atomic E-state index is 11.6. The van der Waals surface area contributed by atoms with Crippen LogP contribution >= 0.6 is 11.3 Å². The second-order valence-corrected chi connectivity index (χ2v) is 5.35. The van der Waals surface area contributed by atoms with Crippen LogP contribution in [0.25, 0.3) is 10.8 Å². The SMILES string of the molecule is CC(C)CNC(=O)Cc1csc(-c2ccco2)n1. The molecule has 2 rings (SSSR count). The molecule has 0 atom stereocenters. The molecular formula is C13H16N2O2S. The van der Waals surface area contributed by atoms with Gasteiger partial charge in [-0.3, -0.25) is 4.79 Å². The van der Waals surface area contributed by atoms with Gasteiger partial charge in [-0.15, -0.1) is 11.3 Å². The van der Waals surface area contributed by atoms with Gasteiger partial charge < -0.3 is 9.73 Å². The number of nitrogens with one attached hydrogen (secondary N) is 1. The normalized spacial score (nSPS) is 10.8. The maximum Gasteiger partial charge on any atom is 0.226 e. The molecule has 0 unspecified atom stereocenters. The van der Waals surface area contributed by atoms with E-state index in [-0.39, 0.29) is 5.91 Å². The first-order valence-electron chi connectivity index (χ1n) is 5.90. The lowest BCUT2D eigenvalue weighted by atomic mass is 10.2. The van der Waals surface area contributed by atoms with E-state index in [0.717, 1.165) is 16.5 Å². The van der Waals surface area contributed by atoms with E-state index in [2.05, 4.69) is 24.1 Å². The Morgan fingerprint density at radius 1 is 1.56 bits per heavy atom. The molecule has 5 heteroatoms. The van der Waals surface area contributed by atoms with Crippen molar-refractivity contribution < 1.29 is 9.21 Å². The minimum absolute atomic E-state index is 0.0139. The number of carbonyl (C=O) groups is 1. The van der Waals surface area contributed by atoms with E-state index in [4.69, 9.17) is 4.42 Å². The minimum Gasteiger partial charge on any atom is -0.462 e. The van der Waals surface area contributed by atoms with Crippen LogP contribution in [0, 0.1) is 5.92 Å². The van der Waals surface area contributed by atoms with Gasteiger partial charge in [-0.2, -0.15) is 0 Å². The van der Waals surface area contributed by atoms with E-state index in [1.807, 2.05) is 17.5 Å². The molecule has 2 aromatic rings. The van der Waals surface area contributed by atoms with E-state index in [0.29, 0.717) is 18.9 Å². The van der Waals surface area contributed by atoms with E-state index >= 15 is 0 Å². The van der Waals surface area contributed by atoms with E-state index in [9.17, 15) is 4.79 Å². The molecule has 0 bridgehead atoms. The summed E-state index contributed by atoms with van der Waals surface area (Å²) in [6.07, 6.45) is 1.94. The van der Waals surface area contributed by atoms with Crippen LogP contribution in [0.15, 0.2) is 28.2 Å². The van der Waals surface area contributed by atoms with Crippen molar-refractivity contribution in [3.05, 3.63) is 29.5 Å². The number of amides is 1. The first kappa shape index (κ1) is 12.8. The zero-order valence-corrected chi connectivity index (χ0v) is 11.3. The van der Waals surface area contributed by atoms with Gasteiger partial charge in [0.2, 0.25) is 5.91 Å². The van der Waals surface area contributed by atoms with Gasteiger partial charge in [0.05, 0.1) is 18.4 Å². The molecule has 1 amide bonds. The molecule has 0 saturated heterocycles. The molecule has 18 heavy (non-hydrogen) atoms. The van der Waals surface area contributed by atoms with Gasteiger partial charge in [-0.1, -0.05) is 13.8 Å². The summed E-state index contributed by atoms with van der Waals surface area (Å²) in [6, 6.07) is 3.69. The smallest absolute Gasteiger partial charge is 0.226 e. The summed E-state index contributed by atoms with van der Waals surface area (Å²) in [5.41, 5.74) is 0.785. The second-order valence-electron chi connectivity index (χ2n) is 4.50. The van der Waals surface area contributed by atoms with Crippen LogP contribution in [0.5, 0.6) is 0 Å². The van der Waals surface area contributed by atoms with E-state index in [1.165, 1.54) is 11.3 Å². The van der Waals surface area contributed by atoms with Gasteiger partial charge in [0.1, 0.15) is 0 Å². The third-order valence-corrected chi connectivity index (χ3v) is 3.24. The largest absolute Gasteiger partial charge is 0.462 e. The fourth-order valence-corrected chi connectivity index (χ4v) is 2.23. The fraction of sp³-hybridized carbons (Fsp3) is 0.385. The van der Waals surface area contributed by atoms with Gasteiger partial charge in [-0.25, -0.2) is 4.98 Å². The summed E-state index contributed by atoms with van der Waals surface area (Å²) in [7, 11) is 0. The van der Waals surface area contributed by atoms with Crippen LogP contribution in [0.2, 0.25) is 0 Å². The van der Waals surface area contributed by atoms with Crippen molar-refractivity contribution in [1.82, 2.24) is 10.3 Å². The maximum atomic E-state index is 11.6. The first-order chi connectivity index (χ1) is 8.65. The van der Waals surface area contributed by atoms with Crippen molar-refractivity contribution in [2.75, 3.05) is 6.54 Å². The highest BCUT2D eigenvalue weighted by molar-refractivity contribution is 7.13. The summed E-state index contributed by atoms with van der Waals surface area (Å²) >= 11 is 1.49. The summed E-state index contributed by atoms with van der Waals surface area (Å²) in [5, 5.41) is 5.58. The van der Waals surface area contributed by atoms with Crippen LogP contribution < -0.4 is 5.32 Å². The zero-order chi connectivity index (χ0) is 13.0. The molecule has 4 nitrogen and oxygen atoms in total. The number of aromatic nitrogens is 1. The van der Waals surface area contributed by atoms with Crippen LogP contribution in [0.1, 0.15) is 19.5 Å². The third-order valence-electron chi connectivity index (χ3n) is 2.33. The van der Waals surface area contributed by atoms with Crippen molar-refractivity contribution in [2.24, 2.45) is 5.92 Å². The predicted octanol–water partition coefficient (Wildman–Crippen LogP) is 2.72. The molecule has 1 N–H and O–H groups in total. The van der Waals surface area contributed by atoms with Crippen molar-refractivity contribution >= 4 is 17.2 Å². The molecule has 2 aromatic heterocycles. The number of hydrogen-bond donors (Lipinski definition) is 1. The Morgan fingerprint density at radius 2 is 2.39 bits per heavy atom. The van der Waals surface area contributed by atoms with E-state index < -0.39 is 0 Å². The highest BCUT2D eigenvalue weighted by Crippen LogP contribution is 2.23. The lowest BCUT2D eigenvalue weighted by Gasteiger charge is -2.05. The highest BCUT2D eigenvalue weighted by atomic mass is 32.1. The Labute approximate surface area is 110 Å². The quantitative estimate of drug-likeness (QED) is 0.903. The van der Waals surface area contributed by atoms with Crippen LogP contribution in [0.3, 0.4) is 0 Å². The van der Waals surface area contributed by atoms with Crippen molar-refractivity contribution in [3.63, 3.8) is 0 Å². The highest BCUT2D eigenvalue weighted by Gasteiger charge is 2.10. The standard InChI is InChI=1S/C13H16N2O2S/c1-9(2)7-14-12(16)6-10-8-18-13(15-10)11-4-3-5-17-11/h3-5,8-9H,6-7H2,1-2H3,(H,14,16). The molecule has 0 spiro atoms. The first-order valence-corrected chi connectivity index (χ1v) is 6.78. The van der Waals surface area contributed by atoms with Crippen molar-refractivity contribution in [2.45, 2.75) is 20.3 Å². The average Bonchev–Trinajstić information content (AvgIpc) is 2.95. The Morgan fingerprint density at radius 3 is 3.06 bits per heavy atom. The Kier molecular flexibility index (Phi) is 4.15. The van der Waals surface area contributed by atoms with Gasteiger partial charge in [0, 0.05) is 11.9 Å². The van der Waals surface area contributed by atoms with Crippen LogP contribution in [-0.4, -0.2) is 17.4 Å². The number of hydrogen-bond acceptors (Lipinski definition) is 4. The summed E-state index contributed by atoms with van der Waals surface area (Å²) < 4.78 is 5.26. The summed E-state index contributed by atoms with van der Waals surface area (Å²) in [6.45, 7) is 4.84. The topological polar surface area (TPSA) is 55.1 Å². The zero-order valence-electron chi connectivity index (χ0n) is 10.5. The second kappa shape index (κ2) is 5.82. The predicted molar refractivity (Wildman–Crippen MR) is 71.4 cm³/mol. The molecule has 2 heterocycles. The Balaban J connectivity index is 1.93. The van der Waals surface area contributed by atoms with Gasteiger partial charge >= 0.3 is 0 Å².